The second-order valence-corrected chi connectivity index (χ2v) is 5.94. The summed E-state index contributed by atoms with van der Waals surface area (Å²) in [7, 11) is 0. The first-order valence-corrected chi connectivity index (χ1v) is 7.54. The van der Waals surface area contributed by atoms with E-state index in [1.807, 2.05) is 13.8 Å². The molecule has 0 spiro atoms. The van der Waals surface area contributed by atoms with Gasteiger partial charge in [0.15, 0.2) is 0 Å². The van der Waals surface area contributed by atoms with Gasteiger partial charge in [0.1, 0.15) is 24.0 Å². The van der Waals surface area contributed by atoms with E-state index in [4.69, 9.17) is 8.83 Å². The zero-order chi connectivity index (χ0) is 17.0. The maximum Gasteiger partial charge on any atom is 0.255 e. The van der Waals surface area contributed by atoms with E-state index in [0.29, 0.717) is 35.6 Å². The third-order valence-corrected chi connectivity index (χ3v) is 3.82. The van der Waals surface area contributed by atoms with Gasteiger partial charge in [-0.05, 0) is 39.3 Å². The van der Waals surface area contributed by atoms with Crippen molar-refractivity contribution in [1.82, 2.24) is 10.6 Å². The van der Waals surface area contributed by atoms with Gasteiger partial charge < -0.3 is 19.5 Å². The lowest BCUT2D eigenvalue weighted by Gasteiger charge is -2.29. The quantitative estimate of drug-likeness (QED) is 0.857. The summed E-state index contributed by atoms with van der Waals surface area (Å²) in [6, 6.07) is 3.35. The Morgan fingerprint density at radius 2 is 1.57 bits per heavy atom. The predicted molar refractivity (Wildman–Crippen MR) is 85.4 cm³/mol. The fraction of sp³-hybridized carbons (Fsp3) is 0.412. The Labute approximate surface area is 135 Å². The van der Waals surface area contributed by atoms with Crippen LogP contribution in [0.1, 0.15) is 52.5 Å². The second-order valence-electron chi connectivity index (χ2n) is 5.94. The number of nitrogens with one attached hydrogen (secondary N) is 2. The average molecular weight is 318 g/mol. The summed E-state index contributed by atoms with van der Waals surface area (Å²) in [5.41, 5.74) is 0.383. The number of aryl methyl sites for hydroxylation is 2. The number of amides is 2. The monoisotopic (exact) mass is 318 g/mol. The Kier molecular flexibility index (Phi) is 4.93. The van der Waals surface area contributed by atoms with Crippen LogP contribution in [0.4, 0.5) is 0 Å². The molecule has 6 nitrogen and oxygen atoms in total. The topological polar surface area (TPSA) is 84.5 Å². The molecule has 0 unspecified atom stereocenters. The van der Waals surface area contributed by atoms with Crippen molar-refractivity contribution in [2.45, 2.75) is 39.7 Å². The largest absolute Gasteiger partial charge is 0.469 e. The first-order valence-electron chi connectivity index (χ1n) is 7.54. The number of hydrogen-bond donors (Lipinski definition) is 2. The number of furan rings is 2. The van der Waals surface area contributed by atoms with Gasteiger partial charge in [0, 0.05) is 6.54 Å². The van der Waals surface area contributed by atoms with Crippen LogP contribution in [-0.2, 0) is 0 Å². The molecule has 2 rings (SSSR count). The molecule has 1 atom stereocenters. The van der Waals surface area contributed by atoms with E-state index >= 15 is 0 Å². The van der Waals surface area contributed by atoms with Gasteiger partial charge in [-0.25, -0.2) is 0 Å². The Hall–Kier alpha value is -2.50. The minimum atomic E-state index is -0.559. The van der Waals surface area contributed by atoms with Gasteiger partial charge in [-0.2, -0.15) is 0 Å². The molecule has 23 heavy (non-hydrogen) atoms. The lowest BCUT2D eigenvalue weighted by Crippen LogP contribution is -2.53. The molecule has 0 radical (unpaired) electrons. The molecule has 2 heterocycles. The highest BCUT2D eigenvalue weighted by Gasteiger charge is 2.26. The molecule has 0 bridgehead atoms. The highest BCUT2D eigenvalue weighted by atomic mass is 16.3. The molecular weight excluding hydrogens is 296 g/mol. The Bertz CT molecular complexity index is 701. The fourth-order valence-electron chi connectivity index (χ4n) is 2.11. The molecule has 0 aromatic carbocycles. The van der Waals surface area contributed by atoms with Crippen molar-refractivity contribution in [2.75, 3.05) is 6.54 Å². The van der Waals surface area contributed by atoms with Gasteiger partial charge >= 0.3 is 0 Å². The van der Waals surface area contributed by atoms with E-state index in [1.165, 1.54) is 12.5 Å². The van der Waals surface area contributed by atoms with Crippen molar-refractivity contribution < 1.29 is 18.4 Å². The summed E-state index contributed by atoms with van der Waals surface area (Å²) in [6.07, 6.45) is 3.51. The lowest BCUT2D eigenvalue weighted by molar-refractivity contribution is 0.0870. The molecule has 2 amide bonds. The van der Waals surface area contributed by atoms with Crippen molar-refractivity contribution in [3.63, 3.8) is 0 Å². The number of rotatable bonds is 6. The van der Waals surface area contributed by atoms with Crippen LogP contribution < -0.4 is 10.6 Å². The van der Waals surface area contributed by atoms with E-state index in [-0.39, 0.29) is 11.8 Å². The van der Waals surface area contributed by atoms with Gasteiger partial charge in [0.25, 0.3) is 11.8 Å². The molecule has 0 saturated heterocycles. The zero-order valence-corrected chi connectivity index (χ0v) is 13.9. The maximum atomic E-state index is 12.3. The standard InChI is InChI=1S/C17H22N2O4/c1-5-17(4,19-16(21)14-7-12(3)23-9-14)10-18-15(20)13-6-11(2)22-8-13/h6-9H,5,10H2,1-4H3,(H,18,20)(H,19,21)/t17-/m1/s1. The molecule has 6 heteroatoms. The summed E-state index contributed by atoms with van der Waals surface area (Å²) < 4.78 is 10.3. The van der Waals surface area contributed by atoms with Crippen molar-refractivity contribution in [3.05, 3.63) is 47.3 Å². The first-order chi connectivity index (χ1) is 10.8. The molecule has 0 aliphatic rings. The normalized spacial score (nSPS) is 13.4. The SMILES string of the molecule is CC[C@](C)(CNC(=O)c1coc(C)c1)NC(=O)c1coc(C)c1. The van der Waals surface area contributed by atoms with Crippen molar-refractivity contribution in [2.24, 2.45) is 0 Å². The molecule has 2 aromatic rings. The molecule has 2 N–H and O–H groups in total. The Morgan fingerprint density at radius 1 is 1.04 bits per heavy atom. The summed E-state index contributed by atoms with van der Waals surface area (Å²) in [6.45, 7) is 7.71. The van der Waals surface area contributed by atoms with Gasteiger partial charge in [0.05, 0.1) is 16.7 Å². The van der Waals surface area contributed by atoms with E-state index < -0.39 is 5.54 Å². The van der Waals surface area contributed by atoms with Crippen LogP contribution in [0.3, 0.4) is 0 Å². The van der Waals surface area contributed by atoms with Gasteiger partial charge in [-0.1, -0.05) is 6.92 Å². The van der Waals surface area contributed by atoms with Crippen molar-refractivity contribution >= 4 is 11.8 Å². The van der Waals surface area contributed by atoms with Crippen LogP contribution in [0.25, 0.3) is 0 Å². The lowest BCUT2D eigenvalue weighted by atomic mass is 9.98. The molecular formula is C17H22N2O4. The molecule has 0 fully saturated rings. The number of hydrogen-bond acceptors (Lipinski definition) is 4. The smallest absolute Gasteiger partial charge is 0.255 e. The van der Waals surface area contributed by atoms with Crippen LogP contribution in [0, 0.1) is 13.8 Å². The van der Waals surface area contributed by atoms with Crippen LogP contribution in [-0.4, -0.2) is 23.9 Å². The highest BCUT2D eigenvalue weighted by Crippen LogP contribution is 2.13. The van der Waals surface area contributed by atoms with Gasteiger partial charge in [-0.3, -0.25) is 9.59 Å². The second kappa shape index (κ2) is 6.73. The number of carbonyl (C=O) groups excluding carboxylic acids is 2. The van der Waals surface area contributed by atoms with Gasteiger partial charge in [-0.15, -0.1) is 0 Å². The minimum absolute atomic E-state index is 0.223. The third kappa shape index (κ3) is 4.25. The Morgan fingerprint density at radius 3 is 2.00 bits per heavy atom. The first kappa shape index (κ1) is 16.9. The highest BCUT2D eigenvalue weighted by molar-refractivity contribution is 5.95. The van der Waals surface area contributed by atoms with Crippen LogP contribution in [0.5, 0.6) is 0 Å². The molecule has 0 saturated carbocycles. The van der Waals surface area contributed by atoms with E-state index in [9.17, 15) is 9.59 Å². The van der Waals surface area contributed by atoms with Crippen molar-refractivity contribution in [3.8, 4) is 0 Å². The summed E-state index contributed by atoms with van der Waals surface area (Å²) >= 11 is 0. The van der Waals surface area contributed by atoms with Crippen molar-refractivity contribution in [1.29, 1.82) is 0 Å². The molecule has 2 aromatic heterocycles. The van der Waals surface area contributed by atoms with E-state index in [1.54, 1.807) is 26.0 Å². The van der Waals surface area contributed by atoms with Gasteiger partial charge in [0.2, 0.25) is 0 Å². The van der Waals surface area contributed by atoms with Crippen LogP contribution in [0.15, 0.2) is 33.5 Å². The molecule has 124 valence electrons. The third-order valence-electron chi connectivity index (χ3n) is 3.82. The minimum Gasteiger partial charge on any atom is -0.469 e. The average Bonchev–Trinajstić information content (AvgIpc) is 3.13. The van der Waals surface area contributed by atoms with E-state index in [2.05, 4.69) is 10.6 Å². The maximum absolute atomic E-state index is 12.3. The summed E-state index contributed by atoms with van der Waals surface area (Å²) in [5.74, 6) is 0.906. The van der Waals surface area contributed by atoms with Crippen LogP contribution >= 0.6 is 0 Å². The molecule has 0 aliphatic carbocycles. The van der Waals surface area contributed by atoms with Crippen LogP contribution in [0.2, 0.25) is 0 Å². The summed E-state index contributed by atoms with van der Waals surface area (Å²) in [5, 5.41) is 5.78. The molecule has 0 aliphatic heterocycles. The fourth-order valence-corrected chi connectivity index (χ4v) is 2.11. The zero-order valence-electron chi connectivity index (χ0n) is 13.9. The summed E-state index contributed by atoms with van der Waals surface area (Å²) in [4.78, 5) is 24.3. The predicted octanol–water partition coefficient (Wildman–Crippen LogP) is 2.82. The number of carbonyl (C=O) groups is 2. The Balaban J connectivity index is 1.97. The van der Waals surface area contributed by atoms with E-state index in [0.717, 1.165) is 0 Å².